The second-order valence-corrected chi connectivity index (χ2v) is 7.09. The Hall–Kier alpha value is -1.01. The fourth-order valence-electron chi connectivity index (χ4n) is 2.85. The van der Waals surface area contributed by atoms with Gasteiger partial charge < -0.3 is 20.3 Å². The number of rotatable bonds is 5. The fraction of sp³-hybridized carbons (Fsp3) is 0.588. The van der Waals surface area contributed by atoms with Gasteiger partial charge >= 0.3 is 0 Å². The number of guanidine groups is 1. The number of nitrogens with zero attached hydrogens (tertiary/aromatic N) is 2. The summed E-state index contributed by atoms with van der Waals surface area (Å²) in [4.78, 5) is 6.58. The lowest BCUT2D eigenvalue weighted by Gasteiger charge is -2.43. The van der Waals surface area contributed by atoms with Gasteiger partial charge in [-0.15, -0.1) is 0 Å². The average molecular weight is 373 g/mol. The molecule has 1 fully saturated rings. The van der Waals surface area contributed by atoms with Gasteiger partial charge in [0.25, 0.3) is 0 Å². The molecule has 1 aromatic rings. The number of likely N-dealkylation sites (N-methyl/N-ethyl adjacent to an activating group) is 1. The molecule has 0 bridgehead atoms. The van der Waals surface area contributed by atoms with Crippen molar-refractivity contribution >= 4 is 29.2 Å². The summed E-state index contributed by atoms with van der Waals surface area (Å²) < 4.78 is 5.51. The van der Waals surface area contributed by atoms with Gasteiger partial charge in [-0.1, -0.05) is 29.3 Å². The van der Waals surface area contributed by atoms with Crippen molar-refractivity contribution < 1.29 is 4.74 Å². The summed E-state index contributed by atoms with van der Waals surface area (Å²) in [5.74, 6) is 0.758. The predicted molar refractivity (Wildman–Crippen MR) is 101 cm³/mol. The van der Waals surface area contributed by atoms with Gasteiger partial charge in [0.1, 0.15) is 0 Å². The van der Waals surface area contributed by atoms with Crippen LogP contribution in [-0.2, 0) is 11.3 Å². The van der Waals surface area contributed by atoms with Crippen LogP contribution in [0.25, 0.3) is 0 Å². The Balaban J connectivity index is 1.92. The zero-order valence-electron chi connectivity index (χ0n) is 14.5. The predicted octanol–water partition coefficient (Wildman–Crippen LogP) is 2.77. The zero-order chi connectivity index (χ0) is 17.6. The van der Waals surface area contributed by atoms with E-state index in [1.165, 1.54) is 0 Å². The van der Waals surface area contributed by atoms with Gasteiger partial charge in [-0.3, -0.25) is 4.99 Å². The minimum Gasteiger partial charge on any atom is -0.381 e. The second-order valence-electron chi connectivity index (χ2n) is 6.25. The first kappa shape index (κ1) is 19.3. The van der Waals surface area contributed by atoms with Crippen molar-refractivity contribution in [3.63, 3.8) is 0 Å². The molecular formula is C17H26Cl2N4O. The molecule has 0 saturated carbocycles. The third-order valence-electron chi connectivity index (χ3n) is 4.64. The normalized spacial score (nSPS) is 17.8. The van der Waals surface area contributed by atoms with E-state index in [0.29, 0.717) is 16.6 Å². The SMILES string of the molecule is CN=C(NCc1ccc(Cl)cc1Cl)NCC1(N(C)C)CCOCC1. The molecule has 0 unspecified atom stereocenters. The molecule has 1 aliphatic rings. The highest BCUT2D eigenvalue weighted by Gasteiger charge is 2.34. The molecule has 0 aromatic heterocycles. The third-order valence-corrected chi connectivity index (χ3v) is 5.23. The van der Waals surface area contributed by atoms with Gasteiger partial charge in [0.15, 0.2) is 5.96 Å². The molecule has 24 heavy (non-hydrogen) atoms. The maximum atomic E-state index is 6.21. The summed E-state index contributed by atoms with van der Waals surface area (Å²) in [6.45, 7) is 3.00. The first-order chi connectivity index (χ1) is 11.5. The minimum atomic E-state index is 0.0911. The van der Waals surface area contributed by atoms with Crippen LogP contribution in [0.3, 0.4) is 0 Å². The minimum absolute atomic E-state index is 0.0911. The number of halogens is 2. The smallest absolute Gasteiger partial charge is 0.191 e. The topological polar surface area (TPSA) is 48.9 Å². The van der Waals surface area contributed by atoms with E-state index in [-0.39, 0.29) is 5.54 Å². The van der Waals surface area contributed by atoms with E-state index in [1.54, 1.807) is 13.1 Å². The zero-order valence-corrected chi connectivity index (χ0v) is 16.0. The lowest BCUT2D eigenvalue weighted by molar-refractivity contribution is -0.00501. The van der Waals surface area contributed by atoms with E-state index >= 15 is 0 Å². The van der Waals surface area contributed by atoms with Crippen LogP contribution >= 0.6 is 23.2 Å². The van der Waals surface area contributed by atoms with Gasteiger partial charge in [0, 0.05) is 48.9 Å². The van der Waals surface area contributed by atoms with E-state index in [2.05, 4.69) is 34.6 Å². The van der Waals surface area contributed by atoms with Crippen molar-refractivity contribution in [1.29, 1.82) is 0 Å². The van der Waals surface area contributed by atoms with Crippen LogP contribution < -0.4 is 10.6 Å². The molecule has 1 saturated heterocycles. The monoisotopic (exact) mass is 372 g/mol. The molecule has 1 aliphatic heterocycles. The summed E-state index contributed by atoms with van der Waals surface area (Å²) in [6, 6.07) is 5.51. The van der Waals surface area contributed by atoms with Crippen LogP contribution in [0, 0.1) is 0 Å². The largest absolute Gasteiger partial charge is 0.381 e. The number of aliphatic imine (C=N–C) groups is 1. The van der Waals surface area contributed by atoms with Gasteiger partial charge in [-0.2, -0.15) is 0 Å². The number of benzene rings is 1. The molecule has 0 amide bonds. The van der Waals surface area contributed by atoms with Crippen LogP contribution in [-0.4, -0.2) is 57.3 Å². The molecule has 134 valence electrons. The third kappa shape index (κ3) is 4.99. The second kappa shape index (κ2) is 8.90. The molecule has 7 heteroatoms. The fourth-order valence-corrected chi connectivity index (χ4v) is 3.32. The number of hydrogen-bond donors (Lipinski definition) is 2. The Morgan fingerprint density at radius 3 is 2.54 bits per heavy atom. The number of hydrogen-bond acceptors (Lipinski definition) is 3. The van der Waals surface area contributed by atoms with Crippen LogP contribution in [0.2, 0.25) is 10.0 Å². The van der Waals surface area contributed by atoms with Crippen molar-refractivity contribution in [1.82, 2.24) is 15.5 Å². The van der Waals surface area contributed by atoms with Gasteiger partial charge in [0.05, 0.1) is 0 Å². The van der Waals surface area contributed by atoms with Crippen LogP contribution in [0.15, 0.2) is 23.2 Å². The Kier molecular flexibility index (Phi) is 7.16. The van der Waals surface area contributed by atoms with Gasteiger partial charge in [-0.05, 0) is 44.6 Å². The van der Waals surface area contributed by atoms with Crippen molar-refractivity contribution in [3.05, 3.63) is 33.8 Å². The highest BCUT2D eigenvalue weighted by molar-refractivity contribution is 6.35. The summed E-state index contributed by atoms with van der Waals surface area (Å²) in [6.07, 6.45) is 2.01. The molecule has 1 heterocycles. The molecule has 0 spiro atoms. The van der Waals surface area contributed by atoms with Crippen molar-refractivity contribution in [2.24, 2.45) is 4.99 Å². The highest BCUT2D eigenvalue weighted by atomic mass is 35.5. The molecule has 0 radical (unpaired) electrons. The van der Waals surface area contributed by atoms with Crippen molar-refractivity contribution in [2.75, 3.05) is 40.9 Å². The molecule has 1 aromatic carbocycles. The Morgan fingerprint density at radius 2 is 1.96 bits per heavy atom. The average Bonchev–Trinajstić information content (AvgIpc) is 2.57. The van der Waals surface area contributed by atoms with E-state index in [0.717, 1.165) is 44.1 Å². The number of nitrogens with one attached hydrogen (secondary N) is 2. The van der Waals surface area contributed by atoms with Crippen molar-refractivity contribution in [3.8, 4) is 0 Å². The Labute approximate surface area is 154 Å². The van der Waals surface area contributed by atoms with Crippen molar-refractivity contribution in [2.45, 2.75) is 24.9 Å². The summed E-state index contributed by atoms with van der Waals surface area (Å²) >= 11 is 12.1. The summed E-state index contributed by atoms with van der Waals surface area (Å²) in [7, 11) is 6.01. The maximum Gasteiger partial charge on any atom is 0.191 e. The van der Waals surface area contributed by atoms with Gasteiger partial charge in [0.2, 0.25) is 0 Å². The molecule has 2 N–H and O–H groups in total. The van der Waals surface area contributed by atoms with E-state index in [9.17, 15) is 0 Å². The van der Waals surface area contributed by atoms with Crippen LogP contribution in [0.1, 0.15) is 18.4 Å². The molecular weight excluding hydrogens is 347 g/mol. The Morgan fingerprint density at radius 1 is 1.25 bits per heavy atom. The Bertz CT molecular complexity index is 572. The van der Waals surface area contributed by atoms with E-state index in [4.69, 9.17) is 27.9 Å². The van der Waals surface area contributed by atoms with E-state index < -0.39 is 0 Å². The van der Waals surface area contributed by atoms with Crippen LogP contribution in [0.4, 0.5) is 0 Å². The first-order valence-corrected chi connectivity index (χ1v) is 8.86. The number of ether oxygens (including phenoxy) is 1. The molecule has 2 rings (SSSR count). The quantitative estimate of drug-likeness (QED) is 0.616. The molecule has 5 nitrogen and oxygen atoms in total. The standard InChI is InChI=1S/C17H26Cl2N4O/c1-20-16(21-11-13-4-5-14(18)10-15(13)19)22-12-17(23(2)3)6-8-24-9-7-17/h4-5,10H,6-9,11-12H2,1-3H3,(H2,20,21,22). The lowest BCUT2D eigenvalue weighted by atomic mass is 9.88. The molecule has 0 atom stereocenters. The first-order valence-electron chi connectivity index (χ1n) is 8.10. The molecule has 0 aliphatic carbocycles. The van der Waals surface area contributed by atoms with Gasteiger partial charge in [-0.25, -0.2) is 0 Å². The summed E-state index contributed by atoms with van der Waals surface area (Å²) in [5, 5.41) is 8.03. The summed E-state index contributed by atoms with van der Waals surface area (Å²) in [5.41, 5.74) is 1.07. The highest BCUT2D eigenvalue weighted by Crippen LogP contribution is 2.25. The van der Waals surface area contributed by atoms with E-state index in [1.807, 2.05) is 12.1 Å². The lowest BCUT2D eigenvalue weighted by Crippen LogP contribution is -2.57. The van der Waals surface area contributed by atoms with Crippen LogP contribution in [0.5, 0.6) is 0 Å². The maximum absolute atomic E-state index is 6.21.